The van der Waals surface area contributed by atoms with E-state index in [1.54, 1.807) is 6.20 Å². The first-order chi connectivity index (χ1) is 10.0. The molecular formula is C16H22FN3O. The van der Waals surface area contributed by atoms with Gasteiger partial charge in [-0.15, -0.1) is 0 Å². The van der Waals surface area contributed by atoms with E-state index >= 15 is 0 Å². The van der Waals surface area contributed by atoms with Gasteiger partial charge in [0.05, 0.1) is 0 Å². The molecule has 0 saturated carbocycles. The molecular weight excluding hydrogens is 269 g/mol. The van der Waals surface area contributed by atoms with Crippen molar-refractivity contribution in [1.82, 2.24) is 14.9 Å². The molecule has 0 fully saturated rings. The first-order valence-electron chi connectivity index (χ1n) is 7.14. The maximum Gasteiger partial charge on any atom is 0.146 e. The number of hydrogen-bond donors (Lipinski definition) is 1. The second-order valence-corrected chi connectivity index (χ2v) is 5.56. The molecule has 2 rings (SSSR count). The van der Waals surface area contributed by atoms with Gasteiger partial charge in [0.1, 0.15) is 24.0 Å². The minimum Gasteiger partial charge on any atom is -0.486 e. The standard InChI is InChI=1S/C16H22FN3O/c1-12(2)9-18-10-13-6-14(17)8-15(7-13)21-11-16-19-4-5-20(16)3/h4-8,12,18H,9-11H2,1-3H3. The number of benzene rings is 1. The first-order valence-corrected chi connectivity index (χ1v) is 7.14. The fraction of sp³-hybridized carbons (Fsp3) is 0.438. The van der Waals surface area contributed by atoms with Crippen LogP contribution in [0.15, 0.2) is 30.6 Å². The summed E-state index contributed by atoms with van der Waals surface area (Å²) in [5.74, 6) is 1.62. The summed E-state index contributed by atoms with van der Waals surface area (Å²) in [6.45, 7) is 6.14. The van der Waals surface area contributed by atoms with Gasteiger partial charge < -0.3 is 14.6 Å². The predicted octanol–water partition coefficient (Wildman–Crippen LogP) is 2.88. The smallest absolute Gasteiger partial charge is 0.146 e. The lowest BCUT2D eigenvalue weighted by Gasteiger charge is -2.10. The normalized spacial score (nSPS) is 11.1. The number of ether oxygens (including phenoxy) is 1. The third-order valence-electron chi connectivity index (χ3n) is 3.10. The van der Waals surface area contributed by atoms with Gasteiger partial charge in [-0.2, -0.15) is 0 Å². The molecule has 21 heavy (non-hydrogen) atoms. The summed E-state index contributed by atoms with van der Waals surface area (Å²) < 4.78 is 21.1. The van der Waals surface area contributed by atoms with Crippen LogP contribution in [-0.4, -0.2) is 16.1 Å². The number of nitrogens with one attached hydrogen (secondary N) is 1. The van der Waals surface area contributed by atoms with E-state index in [1.165, 1.54) is 12.1 Å². The molecule has 0 aliphatic heterocycles. The minimum atomic E-state index is -0.284. The number of imidazole rings is 1. The molecule has 0 aliphatic rings. The summed E-state index contributed by atoms with van der Waals surface area (Å²) in [4.78, 5) is 4.18. The Labute approximate surface area is 125 Å². The molecule has 4 nitrogen and oxygen atoms in total. The third kappa shape index (κ3) is 4.86. The summed E-state index contributed by atoms with van der Waals surface area (Å²) in [6.07, 6.45) is 3.57. The highest BCUT2D eigenvalue weighted by molar-refractivity contribution is 5.29. The average Bonchev–Trinajstić information content (AvgIpc) is 2.81. The van der Waals surface area contributed by atoms with Crippen molar-refractivity contribution in [3.05, 3.63) is 47.8 Å². The Kier molecular flexibility index (Phi) is 5.33. The number of nitrogens with zero attached hydrogens (tertiary/aromatic N) is 2. The highest BCUT2D eigenvalue weighted by atomic mass is 19.1. The maximum absolute atomic E-state index is 13.6. The second kappa shape index (κ2) is 7.22. The van der Waals surface area contributed by atoms with Crippen molar-refractivity contribution in [2.24, 2.45) is 13.0 Å². The average molecular weight is 291 g/mol. The number of rotatable bonds is 7. The molecule has 1 aromatic heterocycles. The van der Waals surface area contributed by atoms with Gasteiger partial charge in [0, 0.05) is 32.1 Å². The molecule has 0 bridgehead atoms. The molecule has 1 heterocycles. The lowest BCUT2D eigenvalue weighted by Crippen LogP contribution is -2.19. The fourth-order valence-corrected chi connectivity index (χ4v) is 1.99. The minimum absolute atomic E-state index is 0.284. The van der Waals surface area contributed by atoms with Crippen molar-refractivity contribution in [3.8, 4) is 5.75 Å². The van der Waals surface area contributed by atoms with Gasteiger partial charge in [0.15, 0.2) is 0 Å². The van der Waals surface area contributed by atoms with Crippen LogP contribution in [0.25, 0.3) is 0 Å². The van der Waals surface area contributed by atoms with E-state index < -0.39 is 0 Å². The van der Waals surface area contributed by atoms with E-state index in [2.05, 4.69) is 24.1 Å². The van der Waals surface area contributed by atoms with E-state index in [1.807, 2.05) is 23.9 Å². The van der Waals surface area contributed by atoms with Crippen molar-refractivity contribution < 1.29 is 9.13 Å². The number of aryl methyl sites for hydroxylation is 1. The van der Waals surface area contributed by atoms with E-state index in [4.69, 9.17) is 4.74 Å². The van der Waals surface area contributed by atoms with E-state index in [9.17, 15) is 4.39 Å². The summed E-state index contributed by atoms with van der Waals surface area (Å²) in [6, 6.07) is 4.79. The molecule has 1 N–H and O–H groups in total. The maximum atomic E-state index is 13.6. The van der Waals surface area contributed by atoms with Gasteiger partial charge in [0.25, 0.3) is 0 Å². The Balaban J connectivity index is 1.96. The molecule has 0 unspecified atom stereocenters. The zero-order chi connectivity index (χ0) is 15.2. The summed E-state index contributed by atoms with van der Waals surface area (Å²) in [7, 11) is 1.90. The number of hydrogen-bond acceptors (Lipinski definition) is 3. The summed E-state index contributed by atoms with van der Waals surface area (Å²) >= 11 is 0. The third-order valence-corrected chi connectivity index (χ3v) is 3.10. The van der Waals surface area contributed by atoms with Crippen LogP contribution in [0.1, 0.15) is 25.2 Å². The first kappa shape index (κ1) is 15.5. The van der Waals surface area contributed by atoms with Gasteiger partial charge in [0.2, 0.25) is 0 Å². The number of aromatic nitrogens is 2. The van der Waals surface area contributed by atoms with Crippen LogP contribution < -0.4 is 10.1 Å². The molecule has 5 heteroatoms. The van der Waals surface area contributed by atoms with Crippen molar-refractivity contribution in [1.29, 1.82) is 0 Å². The van der Waals surface area contributed by atoms with E-state index in [-0.39, 0.29) is 5.82 Å². The molecule has 0 amide bonds. The molecule has 0 radical (unpaired) electrons. The molecule has 0 aliphatic carbocycles. The van der Waals surface area contributed by atoms with Crippen molar-refractivity contribution in [2.75, 3.05) is 6.54 Å². The van der Waals surface area contributed by atoms with Gasteiger partial charge in [-0.3, -0.25) is 0 Å². The topological polar surface area (TPSA) is 39.1 Å². The van der Waals surface area contributed by atoms with Gasteiger partial charge in [-0.25, -0.2) is 9.37 Å². The Morgan fingerprint density at radius 2 is 2.14 bits per heavy atom. The van der Waals surface area contributed by atoms with Crippen LogP contribution in [0, 0.1) is 11.7 Å². The quantitative estimate of drug-likeness (QED) is 0.852. The van der Waals surface area contributed by atoms with Crippen LogP contribution in [0.3, 0.4) is 0 Å². The highest BCUT2D eigenvalue weighted by Gasteiger charge is 2.05. The molecule has 1 aromatic carbocycles. The second-order valence-electron chi connectivity index (χ2n) is 5.56. The molecule has 0 spiro atoms. The van der Waals surface area contributed by atoms with Crippen LogP contribution in [0.2, 0.25) is 0 Å². The van der Waals surface area contributed by atoms with Crippen molar-refractivity contribution in [3.63, 3.8) is 0 Å². The van der Waals surface area contributed by atoms with Gasteiger partial charge in [-0.05, 0) is 30.2 Å². The largest absolute Gasteiger partial charge is 0.486 e. The predicted molar refractivity (Wildman–Crippen MR) is 80.5 cm³/mol. The Morgan fingerprint density at radius 1 is 1.33 bits per heavy atom. The molecule has 0 saturated heterocycles. The van der Waals surface area contributed by atoms with Crippen LogP contribution >= 0.6 is 0 Å². The van der Waals surface area contributed by atoms with Crippen LogP contribution in [0.4, 0.5) is 4.39 Å². The molecule has 2 aromatic rings. The Morgan fingerprint density at radius 3 is 2.81 bits per heavy atom. The van der Waals surface area contributed by atoms with Crippen molar-refractivity contribution >= 4 is 0 Å². The van der Waals surface area contributed by atoms with E-state index in [0.717, 1.165) is 17.9 Å². The Hall–Kier alpha value is -1.88. The lowest BCUT2D eigenvalue weighted by atomic mass is 10.2. The zero-order valence-corrected chi connectivity index (χ0v) is 12.8. The molecule has 0 atom stereocenters. The Bertz CT molecular complexity index is 581. The number of halogens is 1. The highest BCUT2D eigenvalue weighted by Crippen LogP contribution is 2.17. The fourth-order valence-electron chi connectivity index (χ4n) is 1.99. The van der Waals surface area contributed by atoms with Gasteiger partial charge >= 0.3 is 0 Å². The van der Waals surface area contributed by atoms with E-state index in [0.29, 0.717) is 24.8 Å². The van der Waals surface area contributed by atoms with Crippen LogP contribution in [0.5, 0.6) is 5.75 Å². The molecule has 114 valence electrons. The van der Waals surface area contributed by atoms with Gasteiger partial charge in [-0.1, -0.05) is 13.8 Å². The summed E-state index contributed by atoms with van der Waals surface area (Å²) in [5, 5.41) is 3.30. The zero-order valence-electron chi connectivity index (χ0n) is 12.8. The van der Waals surface area contributed by atoms with Crippen molar-refractivity contribution in [2.45, 2.75) is 27.0 Å². The monoisotopic (exact) mass is 291 g/mol. The van der Waals surface area contributed by atoms with Crippen LogP contribution in [-0.2, 0) is 20.2 Å². The SMILES string of the molecule is CC(C)CNCc1cc(F)cc(OCc2nccn2C)c1. The lowest BCUT2D eigenvalue weighted by molar-refractivity contribution is 0.290. The summed E-state index contributed by atoms with van der Waals surface area (Å²) in [5.41, 5.74) is 0.880.